The molecule has 0 aliphatic carbocycles. The Balaban J connectivity index is 1.82. The normalized spacial score (nSPS) is 22.9. The maximum atomic E-state index is 6.04. The van der Waals surface area contributed by atoms with E-state index in [1.54, 1.807) is 0 Å². The largest absolute Gasteiger partial charge is 0.317 e. The smallest absolute Gasteiger partial charge is 0.0706 e. The van der Waals surface area contributed by atoms with Gasteiger partial charge < -0.3 is 5.43 Å². The number of hydrazine groups is 1. The van der Waals surface area contributed by atoms with Crippen LogP contribution >= 0.6 is 11.6 Å². The van der Waals surface area contributed by atoms with Gasteiger partial charge in [-0.1, -0.05) is 48.0 Å². The van der Waals surface area contributed by atoms with E-state index in [0.29, 0.717) is 12.1 Å². The second-order valence-corrected chi connectivity index (χ2v) is 5.53. The molecule has 104 valence electrons. The number of anilines is 1. The molecule has 0 aromatic heterocycles. The van der Waals surface area contributed by atoms with Crippen molar-refractivity contribution in [3.63, 3.8) is 0 Å². The zero-order valence-corrected chi connectivity index (χ0v) is 12.1. The summed E-state index contributed by atoms with van der Waals surface area (Å²) >= 11 is 6.04. The molecule has 0 radical (unpaired) electrons. The highest BCUT2D eigenvalue weighted by atomic mass is 35.5. The van der Waals surface area contributed by atoms with Crippen LogP contribution in [-0.2, 0) is 0 Å². The van der Waals surface area contributed by atoms with Gasteiger partial charge in [0.25, 0.3) is 0 Å². The Labute approximate surface area is 124 Å². The molecule has 20 heavy (non-hydrogen) atoms. The average Bonchev–Trinajstić information content (AvgIpc) is 2.81. The molecule has 1 heterocycles. The van der Waals surface area contributed by atoms with E-state index in [1.807, 2.05) is 30.3 Å². The van der Waals surface area contributed by atoms with E-state index < -0.39 is 0 Å². The molecule has 2 atom stereocenters. The van der Waals surface area contributed by atoms with Crippen LogP contribution in [-0.4, -0.2) is 17.7 Å². The molecule has 3 nitrogen and oxygen atoms in total. The molecule has 1 fully saturated rings. The van der Waals surface area contributed by atoms with Crippen LogP contribution in [0.4, 0.5) is 5.69 Å². The average molecular weight is 288 g/mol. The van der Waals surface area contributed by atoms with Crippen molar-refractivity contribution in [3.05, 3.63) is 65.2 Å². The van der Waals surface area contributed by atoms with E-state index in [-0.39, 0.29) is 0 Å². The molecule has 2 unspecified atom stereocenters. The summed E-state index contributed by atoms with van der Waals surface area (Å²) in [5.41, 5.74) is 5.76. The van der Waals surface area contributed by atoms with Crippen molar-refractivity contribution in [2.45, 2.75) is 19.0 Å². The summed E-state index contributed by atoms with van der Waals surface area (Å²) < 4.78 is 0. The van der Waals surface area contributed by atoms with Gasteiger partial charge in [-0.3, -0.25) is 5.32 Å². The first-order valence-corrected chi connectivity index (χ1v) is 7.19. The topological polar surface area (TPSA) is 27.3 Å². The Morgan fingerprint density at radius 3 is 2.70 bits per heavy atom. The lowest BCUT2D eigenvalue weighted by atomic mass is 10.0. The lowest BCUT2D eigenvalue weighted by Crippen LogP contribution is -2.31. The van der Waals surface area contributed by atoms with E-state index in [1.165, 1.54) is 5.56 Å². The van der Waals surface area contributed by atoms with Crippen molar-refractivity contribution in [1.29, 1.82) is 0 Å². The summed E-state index contributed by atoms with van der Waals surface area (Å²) in [7, 11) is 0. The zero-order valence-electron chi connectivity index (χ0n) is 11.4. The van der Waals surface area contributed by atoms with Gasteiger partial charge in [0.1, 0.15) is 0 Å². The molecule has 4 heteroatoms. The third-order valence-electron chi connectivity index (χ3n) is 3.63. The summed E-state index contributed by atoms with van der Waals surface area (Å²) in [6.45, 7) is 3.00. The number of nitrogens with one attached hydrogen (secondary N) is 2. The Morgan fingerprint density at radius 1 is 1.15 bits per heavy atom. The van der Waals surface area contributed by atoms with Crippen LogP contribution in [0.25, 0.3) is 0 Å². The van der Waals surface area contributed by atoms with Gasteiger partial charge in [0.15, 0.2) is 0 Å². The third-order valence-corrected chi connectivity index (χ3v) is 3.87. The SMILES string of the molecule is CC1NCN(Nc2cccc(Cl)c2)C1c1ccccc1. The van der Waals surface area contributed by atoms with Crippen LogP contribution in [0.3, 0.4) is 0 Å². The van der Waals surface area contributed by atoms with Gasteiger partial charge in [-0.2, -0.15) is 0 Å². The molecule has 0 saturated carbocycles. The van der Waals surface area contributed by atoms with Crippen molar-refractivity contribution in [1.82, 2.24) is 10.3 Å². The first-order valence-electron chi connectivity index (χ1n) is 6.81. The Kier molecular flexibility index (Phi) is 3.92. The highest BCUT2D eigenvalue weighted by Gasteiger charge is 2.32. The lowest BCUT2D eigenvalue weighted by molar-refractivity contribution is 0.302. The van der Waals surface area contributed by atoms with E-state index >= 15 is 0 Å². The second kappa shape index (κ2) is 5.83. The Hall–Kier alpha value is -1.55. The number of nitrogens with zero attached hydrogens (tertiary/aromatic N) is 1. The van der Waals surface area contributed by atoms with Crippen LogP contribution < -0.4 is 10.7 Å². The summed E-state index contributed by atoms with van der Waals surface area (Å²) in [5.74, 6) is 0. The fourth-order valence-electron chi connectivity index (χ4n) is 2.67. The van der Waals surface area contributed by atoms with Crippen molar-refractivity contribution < 1.29 is 0 Å². The molecule has 1 saturated heterocycles. The van der Waals surface area contributed by atoms with Crippen molar-refractivity contribution in [2.24, 2.45) is 0 Å². The van der Waals surface area contributed by atoms with Crippen molar-refractivity contribution in [3.8, 4) is 0 Å². The minimum Gasteiger partial charge on any atom is -0.317 e. The van der Waals surface area contributed by atoms with E-state index in [0.717, 1.165) is 17.4 Å². The molecule has 1 aliphatic rings. The first kappa shape index (κ1) is 13.4. The fourth-order valence-corrected chi connectivity index (χ4v) is 2.86. The number of benzene rings is 2. The lowest BCUT2D eigenvalue weighted by Gasteiger charge is -2.27. The predicted molar refractivity (Wildman–Crippen MR) is 83.6 cm³/mol. The number of hydrogen-bond acceptors (Lipinski definition) is 3. The second-order valence-electron chi connectivity index (χ2n) is 5.10. The van der Waals surface area contributed by atoms with Gasteiger partial charge in [-0.05, 0) is 30.7 Å². The molecular weight excluding hydrogens is 270 g/mol. The van der Waals surface area contributed by atoms with Crippen LogP contribution in [0.5, 0.6) is 0 Å². The molecular formula is C16H18ClN3. The minimum atomic E-state index is 0.301. The summed E-state index contributed by atoms with van der Waals surface area (Å²) in [4.78, 5) is 0. The standard InChI is InChI=1S/C16H18ClN3/c1-12-16(13-6-3-2-4-7-13)20(11-18-12)19-15-9-5-8-14(17)10-15/h2-10,12,16,18-19H,11H2,1H3. The molecule has 2 aromatic carbocycles. The maximum Gasteiger partial charge on any atom is 0.0706 e. The monoisotopic (exact) mass is 287 g/mol. The zero-order chi connectivity index (χ0) is 13.9. The van der Waals surface area contributed by atoms with Gasteiger partial charge in [-0.15, -0.1) is 0 Å². The van der Waals surface area contributed by atoms with Gasteiger partial charge in [0, 0.05) is 11.1 Å². The van der Waals surface area contributed by atoms with Crippen LogP contribution in [0.15, 0.2) is 54.6 Å². The summed E-state index contributed by atoms with van der Waals surface area (Å²) in [5, 5.41) is 6.44. The maximum absolute atomic E-state index is 6.04. The molecule has 2 N–H and O–H groups in total. The third kappa shape index (κ3) is 2.80. The minimum absolute atomic E-state index is 0.301. The Bertz CT molecular complexity index is 573. The van der Waals surface area contributed by atoms with Gasteiger partial charge in [-0.25, -0.2) is 5.01 Å². The molecule has 0 amide bonds. The number of halogens is 1. The fraction of sp³-hybridized carbons (Fsp3) is 0.250. The number of hydrogen-bond donors (Lipinski definition) is 2. The van der Waals surface area contributed by atoms with Gasteiger partial charge in [0.05, 0.1) is 18.4 Å². The van der Waals surface area contributed by atoms with Gasteiger partial charge >= 0.3 is 0 Å². The van der Waals surface area contributed by atoms with Crippen LogP contribution in [0, 0.1) is 0 Å². The molecule has 2 aromatic rings. The quantitative estimate of drug-likeness (QED) is 0.902. The van der Waals surface area contributed by atoms with E-state index in [9.17, 15) is 0 Å². The van der Waals surface area contributed by atoms with E-state index in [4.69, 9.17) is 11.6 Å². The van der Waals surface area contributed by atoms with Crippen molar-refractivity contribution in [2.75, 3.05) is 12.1 Å². The summed E-state index contributed by atoms with van der Waals surface area (Å²) in [6.07, 6.45) is 0. The van der Waals surface area contributed by atoms with Crippen molar-refractivity contribution >= 4 is 17.3 Å². The Morgan fingerprint density at radius 2 is 1.95 bits per heavy atom. The highest BCUT2D eigenvalue weighted by molar-refractivity contribution is 6.30. The summed E-state index contributed by atoms with van der Waals surface area (Å²) in [6, 6.07) is 19.0. The van der Waals surface area contributed by atoms with E-state index in [2.05, 4.69) is 46.9 Å². The molecule has 0 bridgehead atoms. The first-order chi connectivity index (χ1) is 9.74. The van der Waals surface area contributed by atoms with Crippen LogP contribution in [0.1, 0.15) is 18.5 Å². The highest BCUT2D eigenvalue weighted by Crippen LogP contribution is 2.29. The predicted octanol–water partition coefficient (Wildman–Crippen LogP) is 3.66. The van der Waals surface area contributed by atoms with Gasteiger partial charge in [0.2, 0.25) is 0 Å². The molecule has 1 aliphatic heterocycles. The molecule has 0 spiro atoms. The van der Waals surface area contributed by atoms with Crippen LogP contribution in [0.2, 0.25) is 5.02 Å². The molecule has 3 rings (SSSR count). The number of rotatable bonds is 3.